The van der Waals surface area contributed by atoms with Gasteiger partial charge in [0.25, 0.3) is 5.89 Å². The maximum atomic E-state index is 12.7. The molecule has 238 valence electrons. The minimum atomic E-state index is -4.79. The fourth-order valence-corrected chi connectivity index (χ4v) is 7.37. The Balaban J connectivity index is 1.29. The van der Waals surface area contributed by atoms with Gasteiger partial charge < -0.3 is 18.3 Å². The molecule has 0 bridgehead atoms. The van der Waals surface area contributed by atoms with E-state index in [1.54, 1.807) is 10.6 Å². The summed E-state index contributed by atoms with van der Waals surface area (Å²) in [5, 5.41) is 3.56. The third-order valence-corrected chi connectivity index (χ3v) is 9.88. The Morgan fingerprint density at radius 1 is 0.938 bits per heavy atom. The van der Waals surface area contributed by atoms with Crippen LogP contribution in [0.3, 0.4) is 0 Å². The Morgan fingerprint density at radius 2 is 1.56 bits per heavy atom. The van der Waals surface area contributed by atoms with Crippen LogP contribution in [0.4, 0.5) is 5.69 Å². The van der Waals surface area contributed by atoms with Crippen molar-refractivity contribution in [1.82, 2.24) is 9.13 Å². The number of oxazole rings is 1. The molecule has 0 radical (unpaired) electrons. The molecule has 0 saturated carbocycles. The predicted octanol–water partition coefficient (Wildman–Crippen LogP) is 7.85. The predicted molar refractivity (Wildman–Crippen MR) is 189 cm³/mol. The van der Waals surface area contributed by atoms with E-state index >= 15 is 0 Å². The highest BCUT2D eigenvalue weighted by Crippen LogP contribution is 2.46. The van der Waals surface area contributed by atoms with E-state index in [4.69, 9.17) is 9.15 Å². The first-order valence-corrected chi connectivity index (χ1v) is 16.7. The molecule has 0 amide bonds. The maximum absolute atomic E-state index is 12.7. The highest BCUT2D eigenvalue weighted by molar-refractivity contribution is 7.89. The molecule has 0 fully saturated rings. The second kappa shape index (κ2) is 10.6. The fraction of sp³-hybridized carbons (Fsp3) is 0.105. The lowest BCUT2D eigenvalue weighted by Gasteiger charge is -2.18. The smallest absolute Gasteiger partial charge is 0.319 e. The summed E-state index contributed by atoms with van der Waals surface area (Å²) in [6, 6.07) is 24.0. The SMILES string of the molecule is C=C=C=C(N1C(=CC(=Cc2oc3cc4c(cc3[n+]2[CH2-])c2ccccc2n4C)CC)Oc2cc3c(cc21)c1ccccc1n3C)S(=O)(=O)O. The number of ether oxygens (including phenoxy) is 1. The van der Waals surface area contributed by atoms with Gasteiger partial charge in [-0.1, -0.05) is 49.1 Å². The third kappa shape index (κ3) is 4.32. The molecule has 0 unspecified atom stereocenters. The number of hydrogen-bond acceptors (Lipinski definition) is 5. The second-order valence-electron chi connectivity index (χ2n) is 11.8. The summed E-state index contributed by atoms with van der Waals surface area (Å²) in [6.45, 7) is 5.47. The van der Waals surface area contributed by atoms with Gasteiger partial charge in [0, 0.05) is 65.9 Å². The topological polar surface area (TPSA) is 93.7 Å². The lowest BCUT2D eigenvalue weighted by Crippen LogP contribution is -2.26. The van der Waals surface area contributed by atoms with Crippen molar-refractivity contribution in [2.45, 2.75) is 13.3 Å². The van der Waals surface area contributed by atoms with Crippen LogP contribution in [0.15, 0.2) is 118 Å². The van der Waals surface area contributed by atoms with Gasteiger partial charge in [-0.2, -0.15) is 8.42 Å². The first-order valence-electron chi connectivity index (χ1n) is 15.3. The van der Waals surface area contributed by atoms with E-state index in [2.05, 4.69) is 52.4 Å². The van der Waals surface area contributed by atoms with Crippen molar-refractivity contribution >= 4 is 76.6 Å². The van der Waals surface area contributed by atoms with E-state index < -0.39 is 15.1 Å². The van der Waals surface area contributed by atoms with Gasteiger partial charge in [0.05, 0.1) is 16.7 Å². The van der Waals surface area contributed by atoms with E-state index in [-0.39, 0.29) is 5.88 Å². The number of aryl methyl sites for hydroxylation is 2. The molecule has 3 aromatic heterocycles. The molecule has 8 rings (SSSR count). The normalized spacial score (nSPS) is 14.4. The van der Waals surface area contributed by atoms with Gasteiger partial charge in [0.1, 0.15) is 11.1 Å². The van der Waals surface area contributed by atoms with E-state index in [0.29, 0.717) is 29.3 Å². The molecule has 0 atom stereocenters. The summed E-state index contributed by atoms with van der Waals surface area (Å²) in [5.41, 5.74) is 11.6. The molecule has 4 aromatic carbocycles. The lowest BCUT2D eigenvalue weighted by atomic mass is 10.1. The minimum absolute atomic E-state index is 0.150. The van der Waals surface area contributed by atoms with Gasteiger partial charge in [0.2, 0.25) is 10.9 Å². The number of allylic oxidation sites excluding steroid dienone is 2. The molecule has 1 N–H and O–H groups in total. The third-order valence-electron chi connectivity index (χ3n) is 9.10. The van der Waals surface area contributed by atoms with Gasteiger partial charge in [-0.25, -0.2) is 0 Å². The van der Waals surface area contributed by atoms with Crippen LogP contribution < -0.4 is 14.2 Å². The van der Waals surface area contributed by atoms with Crippen molar-refractivity contribution in [1.29, 1.82) is 0 Å². The zero-order chi connectivity index (χ0) is 33.5. The van der Waals surface area contributed by atoms with Crippen LogP contribution in [0, 0.1) is 7.05 Å². The molecule has 48 heavy (non-hydrogen) atoms. The fourth-order valence-electron chi connectivity index (χ4n) is 6.75. The average Bonchev–Trinajstić information content (AvgIpc) is 3.76. The number of hydrogen-bond donors (Lipinski definition) is 1. The zero-order valence-electron chi connectivity index (χ0n) is 26.5. The van der Waals surface area contributed by atoms with Gasteiger partial charge in [-0.05, 0) is 60.7 Å². The minimum Gasteiger partial charge on any atom is -0.469 e. The molecular formula is C38H30N4O5S. The van der Waals surface area contributed by atoms with E-state index in [1.807, 2.05) is 81.7 Å². The standard InChI is InChI=1S/C38H30N4O5S/c1-6-12-38(48(43,44)45)42-33-20-27-25-14-9-11-16-29(25)40(4)31(27)22-35(33)47-37(42)18-23(7-2)17-36-41(5)32-19-26-24-13-8-10-15-28(24)39(3)30(26)21-34(32)46-36/h8-11,13-22H,1,5,7H2,2-4H3,(H,43,44,45). The van der Waals surface area contributed by atoms with Crippen LogP contribution in [-0.4, -0.2) is 22.1 Å². The first kappa shape index (κ1) is 29.5. The Labute approximate surface area is 276 Å². The summed E-state index contributed by atoms with van der Waals surface area (Å²) in [6.07, 6.45) is 4.10. The van der Waals surface area contributed by atoms with E-state index in [9.17, 15) is 13.0 Å². The highest BCUT2D eigenvalue weighted by atomic mass is 32.2. The van der Waals surface area contributed by atoms with Crippen LogP contribution in [0.1, 0.15) is 19.2 Å². The molecule has 0 saturated heterocycles. The van der Waals surface area contributed by atoms with E-state index in [1.165, 1.54) is 4.90 Å². The van der Waals surface area contributed by atoms with Gasteiger partial charge in [-0.15, -0.1) is 0 Å². The summed E-state index contributed by atoms with van der Waals surface area (Å²) >= 11 is 0. The number of aromatic nitrogens is 3. The quantitative estimate of drug-likeness (QED) is 0.0880. The highest BCUT2D eigenvalue weighted by Gasteiger charge is 2.36. The number of rotatable bonds is 5. The molecule has 9 nitrogen and oxygen atoms in total. The van der Waals surface area contributed by atoms with Gasteiger partial charge >= 0.3 is 10.1 Å². The van der Waals surface area contributed by atoms with Crippen molar-refractivity contribution in [3.8, 4) is 5.75 Å². The molecule has 10 heteroatoms. The Hall–Kier alpha value is -5.89. The first-order chi connectivity index (χ1) is 23.1. The number of fused-ring (bicyclic) bond motifs is 8. The molecule has 1 aliphatic rings. The number of nitrogens with zero attached hydrogens (tertiary/aromatic N) is 4. The molecular weight excluding hydrogens is 625 g/mol. The van der Waals surface area contributed by atoms with Crippen LogP contribution in [-0.2, 0) is 24.2 Å². The summed E-state index contributed by atoms with van der Waals surface area (Å²) in [5.74, 6) is 1.06. The average molecular weight is 655 g/mol. The molecule has 1 aliphatic heterocycles. The largest absolute Gasteiger partial charge is 0.469 e. The lowest BCUT2D eigenvalue weighted by molar-refractivity contribution is -0.592. The number of para-hydroxylation sites is 2. The van der Waals surface area contributed by atoms with Crippen LogP contribution in [0.2, 0.25) is 0 Å². The number of benzene rings is 4. The Kier molecular flexibility index (Phi) is 6.50. The van der Waals surface area contributed by atoms with Crippen LogP contribution in [0.5, 0.6) is 5.75 Å². The monoisotopic (exact) mass is 654 g/mol. The Bertz CT molecular complexity index is 2800. The molecule has 0 aliphatic carbocycles. The van der Waals surface area contributed by atoms with E-state index in [0.717, 1.165) is 54.7 Å². The van der Waals surface area contributed by atoms with Crippen molar-refractivity contribution in [2.75, 3.05) is 4.90 Å². The summed E-state index contributed by atoms with van der Waals surface area (Å²) in [4.78, 5) is 1.32. The summed E-state index contributed by atoms with van der Waals surface area (Å²) < 4.78 is 54.4. The van der Waals surface area contributed by atoms with Crippen LogP contribution in [0.25, 0.3) is 60.8 Å². The molecule has 0 spiro atoms. The Morgan fingerprint density at radius 3 is 2.19 bits per heavy atom. The second-order valence-corrected chi connectivity index (χ2v) is 13.1. The van der Waals surface area contributed by atoms with Crippen molar-refractivity contribution in [2.24, 2.45) is 14.1 Å². The van der Waals surface area contributed by atoms with Gasteiger partial charge in [0.15, 0.2) is 5.75 Å². The van der Waals surface area contributed by atoms with Crippen LogP contribution >= 0.6 is 0 Å². The van der Waals surface area contributed by atoms with Gasteiger partial charge in [-0.3, -0.25) is 14.0 Å². The molecule has 7 aromatic rings. The zero-order valence-corrected chi connectivity index (χ0v) is 27.3. The van der Waals surface area contributed by atoms with Crippen molar-refractivity contribution < 1.29 is 26.7 Å². The van der Waals surface area contributed by atoms with Crippen molar-refractivity contribution in [3.05, 3.63) is 126 Å². The molecule has 4 heterocycles. The van der Waals surface area contributed by atoms with Crippen molar-refractivity contribution in [3.63, 3.8) is 0 Å². The maximum Gasteiger partial charge on any atom is 0.319 e. The number of anilines is 1. The summed E-state index contributed by atoms with van der Waals surface area (Å²) in [7, 11) is 3.49.